The Morgan fingerprint density at radius 3 is 2.86 bits per heavy atom. The molecule has 1 saturated heterocycles. The van der Waals surface area contributed by atoms with Crippen LogP contribution in [0.3, 0.4) is 0 Å². The molecule has 3 atom stereocenters. The van der Waals surface area contributed by atoms with Gasteiger partial charge in [-0.3, -0.25) is 4.79 Å². The minimum atomic E-state index is -0.936. The Kier molecular flexibility index (Phi) is 4.93. The Hall–Kier alpha value is -2.67. The second kappa shape index (κ2) is 7.39. The van der Waals surface area contributed by atoms with Gasteiger partial charge in [-0.05, 0) is 37.7 Å². The van der Waals surface area contributed by atoms with Gasteiger partial charge in [0, 0.05) is 19.0 Å². The number of nitrogens with one attached hydrogen (secondary N) is 1. The van der Waals surface area contributed by atoms with Gasteiger partial charge < -0.3 is 19.7 Å². The van der Waals surface area contributed by atoms with Crippen LogP contribution in [-0.4, -0.2) is 51.5 Å². The molecule has 1 aromatic heterocycles. The Labute approximate surface area is 163 Å². The Bertz CT molecular complexity index is 866. The molecule has 7 heteroatoms. The summed E-state index contributed by atoms with van der Waals surface area (Å²) in [5, 5.41) is 11.5. The molecule has 0 spiro atoms. The summed E-state index contributed by atoms with van der Waals surface area (Å²) < 4.78 is 5.00. The van der Waals surface area contributed by atoms with E-state index in [9.17, 15) is 14.7 Å². The van der Waals surface area contributed by atoms with Gasteiger partial charge in [0.25, 0.3) is 5.91 Å². The fraction of sp³-hybridized carbons (Fsp3) is 0.476. The van der Waals surface area contributed by atoms with E-state index in [4.69, 9.17) is 4.74 Å². The van der Waals surface area contributed by atoms with Crippen molar-refractivity contribution >= 4 is 11.9 Å². The smallest absolute Gasteiger partial charge is 0.357 e. The van der Waals surface area contributed by atoms with Gasteiger partial charge >= 0.3 is 5.97 Å². The number of amides is 1. The van der Waals surface area contributed by atoms with E-state index < -0.39 is 11.6 Å². The van der Waals surface area contributed by atoms with Crippen molar-refractivity contribution in [3.8, 4) is 0 Å². The molecule has 1 saturated carbocycles. The highest BCUT2D eigenvalue weighted by molar-refractivity contribution is 6.02. The first-order valence-corrected chi connectivity index (χ1v) is 9.82. The van der Waals surface area contributed by atoms with Crippen LogP contribution in [0.4, 0.5) is 0 Å². The lowest BCUT2D eigenvalue weighted by Crippen LogP contribution is -2.43. The number of hydrogen-bond donors (Lipinski definition) is 2. The SMILES string of the molecule is CCOC(=O)c1[nH]cnc1C(=O)N1CC2CCC[C@](O)(c3ccccc3)C2C1. The van der Waals surface area contributed by atoms with Crippen molar-refractivity contribution in [2.45, 2.75) is 31.8 Å². The molecule has 1 aliphatic heterocycles. The number of aromatic nitrogens is 2. The maximum absolute atomic E-state index is 13.1. The van der Waals surface area contributed by atoms with Crippen LogP contribution < -0.4 is 0 Å². The van der Waals surface area contributed by atoms with Crippen molar-refractivity contribution in [3.63, 3.8) is 0 Å². The third-order valence-electron chi connectivity index (χ3n) is 6.07. The molecule has 1 amide bonds. The number of H-pyrrole nitrogens is 1. The highest BCUT2D eigenvalue weighted by Crippen LogP contribution is 2.48. The number of hydrogen-bond acceptors (Lipinski definition) is 5. The monoisotopic (exact) mass is 383 g/mol. The lowest BCUT2D eigenvalue weighted by atomic mass is 9.67. The number of likely N-dealkylation sites (tertiary alicyclic amines) is 1. The van der Waals surface area contributed by atoms with E-state index >= 15 is 0 Å². The van der Waals surface area contributed by atoms with Crippen molar-refractivity contribution < 1.29 is 19.4 Å². The van der Waals surface area contributed by atoms with Crippen LogP contribution in [-0.2, 0) is 10.3 Å². The number of fused-ring (bicyclic) bond motifs is 1. The van der Waals surface area contributed by atoms with E-state index in [1.807, 2.05) is 30.3 Å². The fourth-order valence-corrected chi connectivity index (χ4v) is 4.74. The van der Waals surface area contributed by atoms with Crippen LogP contribution in [0.5, 0.6) is 0 Å². The Balaban J connectivity index is 1.57. The number of aromatic amines is 1. The lowest BCUT2D eigenvalue weighted by Gasteiger charge is -2.41. The number of nitrogens with zero attached hydrogens (tertiary/aromatic N) is 2. The average Bonchev–Trinajstić information content (AvgIpc) is 3.36. The van der Waals surface area contributed by atoms with Crippen molar-refractivity contribution in [3.05, 3.63) is 53.6 Å². The van der Waals surface area contributed by atoms with Crippen molar-refractivity contribution in [1.29, 1.82) is 0 Å². The molecule has 2 fully saturated rings. The summed E-state index contributed by atoms with van der Waals surface area (Å²) in [6.45, 7) is 2.95. The third-order valence-corrected chi connectivity index (χ3v) is 6.07. The Morgan fingerprint density at radius 1 is 1.32 bits per heavy atom. The summed E-state index contributed by atoms with van der Waals surface area (Å²) in [5.74, 6) is -0.680. The molecule has 28 heavy (non-hydrogen) atoms. The molecular formula is C21H25N3O4. The number of imidazole rings is 1. The maximum Gasteiger partial charge on any atom is 0.357 e. The molecule has 2 unspecified atom stereocenters. The van der Waals surface area contributed by atoms with E-state index in [0.29, 0.717) is 19.5 Å². The summed E-state index contributed by atoms with van der Waals surface area (Å²) in [4.78, 5) is 33.7. The number of carbonyl (C=O) groups excluding carboxylic acids is 2. The molecule has 0 bridgehead atoms. The molecule has 1 aliphatic carbocycles. The summed E-state index contributed by atoms with van der Waals surface area (Å²) in [7, 11) is 0. The van der Waals surface area contributed by atoms with Gasteiger partial charge in [0.1, 0.15) is 0 Å². The first-order chi connectivity index (χ1) is 13.5. The zero-order valence-electron chi connectivity index (χ0n) is 15.9. The van der Waals surface area contributed by atoms with E-state index in [0.717, 1.165) is 18.4 Å². The van der Waals surface area contributed by atoms with E-state index in [1.165, 1.54) is 6.33 Å². The fourth-order valence-electron chi connectivity index (χ4n) is 4.74. The molecule has 1 aromatic carbocycles. The summed E-state index contributed by atoms with van der Waals surface area (Å²) in [6, 6.07) is 9.72. The molecule has 2 N–H and O–H groups in total. The third kappa shape index (κ3) is 3.09. The predicted molar refractivity (Wildman–Crippen MR) is 102 cm³/mol. The summed E-state index contributed by atoms with van der Waals surface area (Å²) in [5.41, 5.74) is 0.140. The van der Waals surface area contributed by atoms with Gasteiger partial charge in [0.05, 0.1) is 18.5 Å². The molecule has 2 heterocycles. The maximum atomic E-state index is 13.1. The Morgan fingerprint density at radius 2 is 2.11 bits per heavy atom. The number of ether oxygens (including phenoxy) is 1. The van der Waals surface area contributed by atoms with Crippen molar-refractivity contribution in [1.82, 2.24) is 14.9 Å². The topological polar surface area (TPSA) is 95.5 Å². The van der Waals surface area contributed by atoms with Gasteiger partial charge in [-0.15, -0.1) is 0 Å². The van der Waals surface area contributed by atoms with Crippen LogP contribution in [0.2, 0.25) is 0 Å². The van der Waals surface area contributed by atoms with E-state index in [1.54, 1.807) is 11.8 Å². The van der Waals surface area contributed by atoms with Crippen molar-refractivity contribution in [2.24, 2.45) is 11.8 Å². The van der Waals surface area contributed by atoms with Crippen LogP contribution >= 0.6 is 0 Å². The highest BCUT2D eigenvalue weighted by Gasteiger charge is 2.51. The number of rotatable bonds is 4. The largest absolute Gasteiger partial charge is 0.461 e. The molecule has 2 aromatic rings. The van der Waals surface area contributed by atoms with Gasteiger partial charge in [-0.25, -0.2) is 9.78 Å². The summed E-state index contributed by atoms with van der Waals surface area (Å²) >= 11 is 0. The van der Waals surface area contributed by atoms with Gasteiger partial charge in [-0.2, -0.15) is 0 Å². The number of aliphatic hydroxyl groups is 1. The van der Waals surface area contributed by atoms with Gasteiger partial charge in [0.15, 0.2) is 11.4 Å². The second-order valence-corrected chi connectivity index (χ2v) is 7.61. The standard InChI is InChI=1S/C21H25N3O4/c1-2-28-20(26)18-17(22-13-23-18)19(25)24-11-14-7-6-10-21(27,16(14)12-24)15-8-4-3-5-9-15/h3-5,8-9,13-14,16,27H,2,6-7,10-12H2,1H3,(H,22,23)/t14?,16?,21-/m0/s1. The van der Waals surface area contributed by atoms with Gasteiger partial charge in [-0.1, -0.05) is 30.3 Å². The van der Waals surface area contributed by atoms with E-state index in [-0.39, 0.29) is 35.7 Å². The predicted octanol–water partition coefficient (Wildman–Crippen LogP) is 2.35. The van der Waals surface area contributed by atoms with Crippen LogP contribution in [0.25, 0.3) is 0 Å². The molecular weight excluding hydrogens is 358 g/mol. The van der Waals surface area contributed by atoms with Crippen LogP contribution in [0.15, 0.2) is 36.7 Å². The molecule has 4 rings (SSSR count). The molecule has 0 radical (unpaired) electrons. The van der Waals surface area contributed by atoms with Gasteiger partial charge in [0.2, 0.25) is 0 Å². The van der Waals surface area contributed by atoms with E-state index in [2.05, 4.69) is 9.97 Å². The second-order valence-electron chi connectivity index (χ2n) is 7.61. The molecule has 2 aliphatic rings. The minimum absolute atomic E-state index is 0.0300. The zero-order valence-corrected chi connectivity index (χ0v) is 15.9. The number of esters is 1. The average molecular weight is 383 g/mol. The highest BCUT2D eigenvalue weighted by atomic mass is 16.5. The first kappa shape index (κ1) is 18.7. The van der Waals surface area contributed by atoms with Crippen LogP contribution in [0, 0.1) is 11.8 Å². The quantitative estimate of drug-likeness (QED) is 0.790. The first-order valence-electron chi connectivity index (χ1n) is 9.82. The zero-order chi connectivity index (χ0) is 19.7. The number of carbonyl (C=O) groups is 2. The lowest BCUT2D eigenvalue weighted by molar-refractivity contribution is -0.0644. The molecule has 148 valence electrons. The number of benzene rings is 1. The van der Waals surface area contributed by atoms with Crippen LogP contribution in [0.1, 0.15) is 52.7 Å². The minimum Gasteiger partial charge on any atom is -0.461 e. The molecule has 7 nitrogen and oxygen atoms in total. The normalized spacial score (nSPS) is 26.7. The van der Waals surface area contributed by atoms with Crippen molar-refractivity contribution in [2.75, 3.05) is 19.7 Å². The summed E-state index contributed by atoms with van der Waals surface area (Å²) in [6.07, 6.45) is 3.93.